The van der Waals surface area contributed by atoms with Gasteiger partial charge >= 0.3 is 0 Å². The molecule has 3 rings (SSSR count). The Morgan fingerprint density at radius 3 is 2.83 bits per heavy atom. The van der Waals surface area contributed by atoms with Crippen molar-refractivity contribution in [1.82, 2.24) is 19.7 Å². The van der Waals surface area contributed by atoms with Crippen LogP contribution in [0.2, 0.25) is 0 Å². The average Bonchev–Trinajstić information content (AvgIpc) is 3.04. The van der Waals surface area contributed by atoms with Gasteiger partial charge in [0.1, 0.15) is 12.6 Å². The zero-order valence-electron chi connectivity index (χ0n) is 14.0. The number of fused-ring (bicyclic) bond motifs is 1. The quantitative estimate of drug-likeness (QED) is 0.691. The van der Waals surface area contributed by atoms with Crippen molar-refractivity contribution in [2.75, 3.05) is 6.61 Å². The molecule has 0 radical (unpaired) electrons. The molecule has 24 heavy (non-hydrogen) atoms. The highest BCUT2D eigenvalue weighted by Crippen LogP contribution is 2.15. The molecule has 0 aliphatic heterocycles. The lowest BCUT2D eigenvalue weighted by Crippen LogP contribution is -2.21. The summed E-state index contributed by atoms with van der Waals surface area (Å²) in [4.78, 5) is 21.1. The van der Waals surface area contributed by atoms with Crippen LogP contribution in [0.3, 0.4) is 0 Å². The Morgan fingerprint density at radius 2 is 2.04 bits per heavy atom. The summed E-state index contributed by atoms with van der Waals surface area (Å²) in [5.41, 5.74) is 0.533. The monoisotopic (exact) mass is 328 g/mol. The Kier molecular flexibility index (Phi) is 4.71. The van der Waals surface area contributed by atoms with Crippen molar-refractivity contribution in [3.63, 3.8) is 0 Å². The third kappa shape index (κ3) is 3.51. The Morgan fingerprint density at radius 1 is 1.25 bits per heavy atom. The van der Waals surface area contributed by atoms with E-state index in [9.17, 15) is 4.79 Å². The lowest BCUT2D eigenvalue weighted by atomic mass is 10.2. The molecule has 0 spiro atoms. The van der Waals surface area contributed by atoms with E-state index in [1.165, 1.54) is 10.9 Å². The van der Waals surface area contributed by atoms with Crippen LogP contribution in [0.1, 0.15) is 38.6 Å². The summed E-state index contributed by atoms with van der Waals surface area (Å²) in [6, 6.07) is 7.22. The molecule has 3 aromatic rings. The van der Waals surface area contributed by atoms with Crippen molar-refractivity contribution in [2.45, 2.75) is 33.4 Å². The molecule has 7 nitrogen and oxygen atoms in total. The summed E-state index contributed by atoms with van der Waals surface area (Å²) in [6.45, 7) is 6.83. The van der Waals surface area contributed by atoms with Gasteiger partial charge in [-0.2, -0.15) is 4.98 Å². The molecular weight excluding hydrogens is 308 g/mol. The lowest BCUT2D eigenvalue weighted by molar-refractivity contribution is 0.0402. The first-order valence-electron chi connectivity index (χ1n) is 7.93. The molecule has 0 bridgehead atoms. The summed E-state index contributed by atoms with van der Waals surface area (Å²) in [5, 5.41) is 4.50. The topological polar surface area (TPSA) is 83.0 Å². The second kappa shape index (κ2) is 6.92. The summed E-state index contributed by atoms with van der Waals surface area (Å²) in [6.07, 6.45) is 1.24. The lowest BCUT2D eigenvalue weighted by Gasteiger charge is -2.10. The highest BCUT2D eigenvalue weighted by atomic mass is 16.5. The fourth-order valence-electron chi connectivity index (χ4n) is 2.27. The van der Waals surface area contributed by atoms with Gasteiger partial charge in [-0.1, -0.05) is 31.1 Å². The molecule has 1 aromatic carbocycles. The standard InChI is InChI=1S/C17H20N4O3/c1-11(2)9-23-12(3)16-19-15(24-20-16)8-21-10-18-14-7-5-4-6-13(14)17(21)22/h4-7,10-12H,8-9H2,1-3H3/t12-/m0/s1. The van der Waals surface area contributed by atoms with Crippen LogP contribution >= 0.6 is 0 Å². The van der Waals surface area contributed by atoms with E-state index in [0.29, 0.717) is 35.1 Å². The second-order valence-corrected chi connectivity index (χ2v) is 6.11. The zero-order chi connectivity index (χ0) is 17.1. The summed E-state index contributed by atoms with van der Waals surface area (Å²) in [5.74, 6) is 1.26. The summed E-state index contributed by atoms with van der Waals surface area (Å²) in [7, 11) is 0. The van der Waals surface area contributed by atoms with Crippen LogP contribution in [0.4, 0.5) is 0 Å². The van der Waals surface area contributed by atoms with Gasteiger partial charge in [-0.3, -0.25) is 9.36 Å². The predicted octanol–water partition coefficient (Wildman–Crippen LogP) is 2.56. The molecule has 0 amide bonds. The first-order chi connectivity index (χ1) is 11.5. The van der Waals surface area contributed by atoms with E-state index in [4.69, 9.17) is 9.26 Å². The van der Waals surface area contributed by atoms with Crippen LogP contribution in [-0.2, 0) is 11.3 Å². The van der Waals surface area contributed by atoms with Crippen LogP contribution in [-0.4, -0.2) is 26.3 Å². The SMILES string of the molecule is CC(C)CO[C@@H](C)c1noc(Cn2cnc3ccccc3c2=O)n1. The maximum Gasteiger partial charge on any atom is 0.261 e. The number of nitrogens with zero attached hydrogens (tertiary/aromatic N) is 4. The Labute approximate surface area is 139 Å². The molecular formula is C17H20N4O3. The Hall–Kier alpha value is -2.54. The van der Waals surface area contributed by atoms with Crippen LogP contribution in [0.5, 0.6) is 0 Å². The second-order valence-electron chi connectivity index (χ2n) is 6.11. The van der Waals surface area contributed by atoms with E-state index in [-0.39, 0.29) is 18.2 Å². The fraction of sp³-hybridized carbons (Fsp3) is 0.412. The normalized spacial score (nSPS) is 12.8. The number of para-hydroxylation sites is 1. The van der Waals surface area contributed by atoms with E-state index < -0.39 is 0 Å². The molecule has 126 valence electrons. The van der Waals surface area contributed by atoms with Crippen molar-refractivity contribution < 1.29 is 9.26 Å². The zero-order valence-corrected chi connectivity index (χ0v) is 14.0. The van der Waals surface area contributed by atoms with Crippen molar-refractivity contribution in [1.29, 1.82) is 0 Å². The van der Waals surface area contributed by atoms with Crippen molar-refractivity contribution >= 4 is 10.9 Å². The number of rotatable bonds is 6. The van der Waals surface area contributed by atoms with E-state index in [1.807, 2.05) is 19.1 Å². The molecule has 0 aliphatic carbocycles. The number of benzene rings is 1. The van der Waals surface area contributed by atoms with Crippen LogP contribution in [0.15, 0.2) is 39.9 Å². The summed E-state index contributed by atoms with van der Waals surface area (Å²) >= 11 is 0. The number of aromatic nitrogens is 4. The first kappa shape index (κ1) is 16.3. The van der Waals surface area contributed by atoms with Crippen molar-refractivity contribution in [3.05, 3.63) is 52.7 Å². The number of hydrogen-bond donors (Lipinski definition) is 0. The minimum absolute atomic E-state index is 0.135. The molecule has 7 heteroatoms. The van der Waals surface area contributed by atoms with Gasteiger partial charge in [0.15, 0.2) is 5.82 Å². The smallest absolute Gasteiger partial charge is 0.261 e. The molecule has 0 unspecified atom stereocenters. The van der Waals surface area contributed by atoms with E-state index in [1.54, 1.807) is 12.1 Å². The van der Waals surface area contributed by atoms with E-state index in [2.05, 4.69) is 29.0 Å². The molecule has 0 saturated carbocycles. The number of ether oxygens (including phenoxy) is 1. The minimum atomic E-state index is -0.253. The van der Waals surface area contributed by atoms with E-state index >= 15 is 0 Å². The molecule has 0 aliphatic rings. The fourth-order valence-corrected chi connectivity index (χ4v) is 2.27. The first-order valence-corrected chi connectivity index (χ1v) is 7.93. The molecule has 2 aromatic heterocycles. The van der Waals surface area contributed by atoms with Crippen LogP contribution in [0.25, 0.3) is 10.9 Å². The van der Waals surface area contributed by atoms with Crippen molar-refractivity contribution in [3.8, 4) is 0 Å². The summed E-state index contributed by atoms with van der Waals surface area (Å²) < 4.78 is 12.4. The Balaban J connectivity index is 1.78. The maximum absolute atomic E-state index is 12.5. The number of hydrogen-bond acceptors (Lipinski definition) is 6. The minimum Gasteiger partial charge on any atom is -0.370 e. The van der Waals surface area contributed by atoms with Gasteiger partial charge in [-0.05, 0) is 25.0 Å². The van der Waals surface area contributed by atoms with Gasteiger partial charge < -0.3 is 9.26 Å². The maximum atomic E-state index is 12.5. The van der Waals surface area contributed by atoms with Gasteiger partial charge in [0, 0.05) is 6.61 Å². The van der Waals surface area contributed by atoms with Gasteiger partial charge in [0.25, 0.3) is 5.56 Å². The Bertz CT molecular complexity index is 885. The third-order valence-electron chi connectivity index (χ3n) is 3.56. The largest absolute Gasteiger partial charge is 0.370 e. The van der Waals surface area contributed by atoms with Gasteiger partial charge in [-0.25, -0.2) is 4.98 Å². The van der Waals surface area contributed by atoms with Gasteiger partial charge in [0.2, 0.25) is 5.89 Å². The van der Waals surface area contributed by atoms with E-state index in [0.717, 1.165) is 0 Å². The van der Waals surface area contributed by atoms with Gasteiger partial charge in [-0.15, -0.1) is 0 Å². The third-order valence-corrected chi connectivity index (χ3v) is 3.56. The molecule has 0 N–H and O–H groups in total. The van der Waals surface area contributed by atoms with Crippen LogP contribution < -0.4 is 5.56 Å². The highest BCUT2D eigenvalue weighted by Gasteiger charge is 2.15. The molecule has 2 heterocycles. The van der Waals surface area contributed by atoms with Crippen molar-refractivity contribution in [2.24, 2.45) is 5.92 Å². The molecule has 0 saturated heterocycles. The molecule has 0 fully saturated rings. The average molecular weight is 328 g/mol. The molecule has 1 atom stereocenters. The predicted molar refractivity (Wildman–Crippen MR) is 88.6 cm³/mol. The van der Waals surface area contributed by atoms with Gasteiger partial charge in [0.05, 0.1) is 17.2 Å². The highest BCUT2D eigenvalue weighted by molar-refractivity contribution is 5.76. The van der Waals surface area contributed by atoms with Crippen LogP contribution in [0, 0.1) is 5.92 Å².